The van der Waals surface area contributed by atoms with E-state index in [-0.39, 0.29) is 24.1 Å². The molecular weight excluding hydrogens is 260 g/mol. The molecule has 3 atom stereocenters. The van der Waals surface area contributed by atoms with Gasteiger partial charge in [-0.05, 0) is 31.9 Å². The molecule has 1 aromatic carbocycles. The van der Waals surface area contributed by atoms with Crippen LogP contribution in [0.4, 0.5) is 8.78 Å². The molecule has 0 amide bonds. The largest absolute Gasteiger partial charge is 0.378 e. The van der Waals surface area contributed by atoms with Gasteiger partial charge in [-0.2, -0.15) is 0 Å². The third kappa shape index (κ3) is 3.18. The maximum Gasteiger partial charge on any atom is 0.130 e. The van der Waals surface area contributed by atoms with E-state index in [1.54, 1.807) is 13.0 Å². The predicted molar refractivity (Wildman–Crippen MR) is 75.6 cm³/mol. The fraction of sp³-hybridized carbons (Fsp3) is 0.625. The van der Waals surface area contributed by atoms with E-state index in [0.717, 1.165) is 12.5 Å². The number of hydrogen-bond donors (Lipinski definition) is 1. The van der Waals surface area contributed by atoms with E-state index in [9.17, 15) is 8.78 Å². The van der Waals surface area contributed by atoms with Gasteiger partial charge < -0.3 is 10.1 Å². The quantitative estimate of drug-likeness (QED) is 0.909. The van der Waals surface area contributed by atoms with E-state index < -0.39 is 11.6 Å². The molecule has 1 aliphatic rings. The molecule has 112 valence electrons. The lowest BCUT2D eigenvalue weighted by atomic mass is 9.87. The van der Waals surface area contributed by atoms with E-state index in [0.29, 0.717) is 17.7 Å². The monoisotopic (exact) mass is 283 g/mol. The summed E-state index contributed by atoms with van der Waals surface area (Å²) in [4.78, 5) is 0. The predicted octanol–water partition coefficient (Wildman–Crippen LogP) is 3.74. The van der Waals surface area contributed by atoms with E-state index in [1.807, 2.05) is 20.8 Å². The summed E-state index contributed by atoms with van der Waals surface area (Å²) in [7, 11) is 0. The Bertz CT molecular complexity index is 476. The van der Waals surface area contributed by atoms with Crippen LogP contribution in [0, 0.1) is 24.5 Å². The molecule has 2 rings (SSSR count). The maximum absolute atomic E-state index is 14.2. The standard InChI is InChI=1S/C16H23F2NO/c1-9(2)19-16(12-5-6-20-11(12)4)13-7-10(3)14(17)8-15(13)18/h7-9,11-12,16,19H,5-6H2,1-4H3. The zero-order valence-corrected chi connectivity index (χ0v) is 12.5. The Morgan fingerprint density at radius 2 is 1.95 bits per heavy atom. The summed E-state index contributed by atoms with van der Waals surface area (Å²) < 4.78 is 33.3. The lowest BCUT2D eigenvalue weighted by Gasteiger charge is -2.30. The lowest BCUT2D eigenvalue weighted by molar-refractivity contribution is 0.0938. The molecule has 1 saturated heterocycles. The number of halogens is 2. The first kappa shape index (κ1) is 15.4. The molecule has 20 heavy (non-hydrogen) atoms. The van der Waals surface area contributed by atoms with Gasteiger partial charge in [-0.25, -0.2) is 8.78 Å². The van der Waals surface area contributed by atoms with Gasteiger partial charge in [-0.1, -0.05) is 13.8 Å². The Hall–Kier alpha value is -1.00. The highest BCUT2D eigenvalue weighted by Gasteiger charge is 2.34. The molecule has 0 bridgehead atoms. The van der Waals surface area contributed by atoms with Crippen molar-refractivity contribution >= 4 is 0 Å². The topological polar surface area (TPSA) is 21.3 Å². The van der Waals surface area contributed by atoms with Crippen molar-refractivity contribution in [2.45, 2.75) is 52.3 Å². The Kier molecular flexibility index (Phi) is 4.76. The molecule has 0 radical (unpaired) electrons. The smallest absolute Gasteiger partial charge is 0.130 e. The summed E-state index contributed by atoms with van der Waals surface area (Å²) in [6, 6.07) is 2.68. The first-order chi connectivity index (χ1) is 9.40. The van der Waals surface area contributed by atoms with Gasteiger partial charge in [-0.15, -0.1) is 0 Å². The average Bonchev–Trinajstić information content (AvgIpc) is 2.77. The fourth-order valence-corrected chi connectivity index (χ4v) is 2.91. The van der Waals surface area contributed by atoms with E-state index in [2.05, 4.69) is 5.32 Å². The second kappa shape index (κ2) is 6.19. The molecule has 1 fully saturated rings. The SMILES string of the molecule is Cc1cc(C(NC(C)C)C2CCOC2C)c(F)cc1F. The Morgan fingerprint density at radius 3 is 2.50 bits per heavy atom. The average molecular weight is 283 g/mol. The highest BCUT2D eigenvalue weighted by atomic mass is 19.1. The minimum atomic E-state index is -0.495. The van der Waals surface area contributed by atoms with Crippen LogP contribution in [0.2, 0.25) is 0 Å². The van der Waals surface area contributed by atoms with Crippen LogP contribution in [0.5, 0.6) is 0 Å². The van der Waals surface area contributed by atoms with Crippen molar-refractivity contribution in [1.29, 1.82) is 0 Å². The van der Waals surface area contributed by atoms with Gasteiger partial charge in [0.05, 0.1) is 6.10 Å². The summed E-state index contributed by atoms with van der Waals surface area (Å²) in [5.41, 5.74) is 1.02. The van der Waals surface area contributed by atoms with Gasteiger partial charge in [0.1, 0.15) is 11.6 Å². The first-order valence-corrected chi connectivity index (χ1v) is 7.23. The number of nitrogens with one attached hydrogen (secondary N) is 1. The van der Waals surface area contributed by atoms with Crippen molar-refractivity contribution in [2.75, 3.05) is 6.61 Å². The van der Waals surface area contributed by atoms with Crippen molar-refractivity contribution in [3.8, 4) is 0 Å². The second-order valence-electron chi connectivity index (χ2n) is 5.95. The molecule has 0 aliphatic carbocycles. The third-order valence-corrected chi connectivity index (χ3v) is 3.99. The van der Waals surface area contributed by atoms with E-state index in [1.165, 1.54) is 0 Å². The lowest BCUT2D eigenvalue weighted by Crippen LogP contribution is -2.36. The zero-order valence-electron chi connectivity index (χ0n) is 12.5. The molecule has 2 nitrogen and oxygen atoms in total. The third-order valence-electron chi connectivity index (χ3n) is 3.99. The van der Waals surface area contributed by atoms with Crippen LogP contribution >= 0.6 is 0 Å². The summed E-state index contributed by atoms with van der Waals surface area (Å²) in [5, 5.41) is 3.41. The number of rotatable bonds is 4. The maximum atomic E-state index is 14.2. The summed E-state index contributed by atoms with van der Waals surface area (Å²) in [6.07, 6.45) is 0.970. The van der Waals surface area contributed by atoms with Crippen molar-refractivity contribution in [3.63, 3.8) is 0 Å². The van der Waals surface area contributed by atoms with Crippen molar-refractivity contribution in [1.82, 2.24) is 5.32 Å². The van der Waals surface area contributed by atoms with Crippen molar-refractivity contribution < 1.29 is 13.5 Å². The second-order valence-corrected chi connectivity index (χ2v) is 5.95. The van der Waals surface area contributed by atoms with Gasteiger partial charge in [0.2, 0.25) is 0 Å². The Balaban J connectivity index is 2.38. The fourth-order valence-electron chi connectivity index (χ4n) is 2.91. The van der Waals surface area contributed by atoms with Crippen molar-refractivity contribution in [2.24, 2.45) is 5.92 Å². The van der Waals surface area contributed by atoms with Gasteiger partial charge in [0.25, 0.3) is 0 Å². The van der Waals surface area contributed by atoms with Gasteiger partial charge in [0, 0.05) is 36.2 Å². The molecule has 0 spiro atoms. The molecule has 0 saturated carbocycles. The molecular formula is C16H23F2NO. The van der Waals surface area contributed by atoms with Crippen LogP contribution in [-0.4, -0.2) is 18.8 Å². The van der Waals surface area contributed by atoms with Crippen LogP contribution in [0.1, 0.15) is 44.4 Å². The van der Waals surface area contributed by atoms with E-state index in [4.69, 9.17) is 4.74 Å². The minimum Gasteiger partial charge on any atom is -0.378 e. The molecule has 3 unspecified atom stereocenters. The summed E-state index contributed by atoms with van der Waals surface area (Å²) in [5.74, 6) is -0.771. The first-order valence-electron chi connectivity index (χ1n) is 7.23. The number of hydrogen-bond acceptors (Lipinski definition) is 2. The van der Waals surface area contributed by atoms with Crippen LogP contribution in [0.3, 0.4) is 0 Å². The molecule has 1 heterocycles. The van der Waals surface area contributed by atoms with Crippen LogP contribution in [0.25, 0.3) is 0 Å². The van der Waals surface area contributed by atoms with Gasteiger partial charge in [0.15, 0.2) is 0 Å². The molecule has 4 heteroatoms. The van der Waals surface area contributed by atoms with Gasteiger partial charge >= 0.3 is 0 Å². The van der Waals surface area contributed by atoms with Crippen LogP contribution < -0.4 is 5.32 Å². The van der Waals surface area contributed by atoms with Crippen molar-refractivity contribution in [3.05, 3.63) is 34.9 Å². The van der Waals surface area contributed by atoms with Crippen LogP contribution in [-0.2, 0) is 4.74 Å². The molecule has 0 aromatic heterocycles. The van der Waals surface area contributed by atoms with Crippen LogP contribution in [0.15, 0.2) is 12.1 Å². The molecule has 1 aliphatic heterocycles. The number of benzene rings is 1. The highest BCUT2D eigenvalue weighted by Crippen LogP contribution is 2.35. The summed E-state index contributed by atoms with van der Waals surface area (Å²) in [6.45, 7) is 8.44. The number of ether oxygens (including phenoxy) is 1. The number of aryl methyl sites for hydroxylation is 1. The Labute approximate surface area is 119 Å². The van der Waals surface area contributed by atoms with E-state index >= 15 is 0 Å². The molecule has 1 N–H and O–H groups in total. The minimum absolute atomic E-state index is 0.0796. The normalized spacial score (nSPS) is 24.4. The molecule has 1 aromatic rings. The zero-order chi connectivity index (χ0) is 14.9. The summed E-state index contributed by atoms with van der Waals surface area (Å²) >= 11 is 0. The highest BCUT2D eigenvalue weighted by molar-refractivity contribution is 5.29. The Morgan fingerprint density at radius 1 is 1.25 bits per heavy atom. The van der Waals surface area contributed by atoms with Gasteiger partial charge in [-0.3, -0.25) is 0 Å².